The molecule has 2 aromatic rings. The van der Waals surface area contributed by atoms with E-state index in [0.29, 0.717) is 5.02 Å². The van der Waals surface area contributed by atoms with Gasteiger partial charge in [0.05, 0.1) is 11.6 Å². The summed E-state index contributed by atoms with van der Waals surface area (Å²) in [6.07, 6.45) is 1.74. The van der Waals surface area contributed by atoms with Gasteiger partial charge in [0, 0.05) is 11.2 Å². The molecule has 0 aliphatic carbocycles. The number of ether oxygens (including phenoxy) is 1. The molecule has 0 radical (unpaired) electrons. The highest BCUT2D eigenvalue weighted by Crippen LogP contribution is 2.32. The zero-order chi connectivity index (χ0) is 16.4. The molecule has 1 unspecified atom stereocenters. The first kappa shape index (κ1) is 15.4. The fourth-order valence-corrected chi connectivity index (χ4v) is 2.60. The highest BCUT2D eigenvalue weighted by atomic mass is 35.5. The van der Waals surface area contributed by atoms with Crippen LogP contribution in [0.2, 0.25) is 5.02 Å². The Hall–Kier alpha value is -2.46. The minimum Gasteiger partial charge on any atom is -0.460 e. The summed E-state index contributed by atoms with van der Waals surface area (Å²) in [6, 6.07) is 13.2. The smallest absolute Gasteiger partial charge is 0.352 e. The molecule has 1 fully saturated rings. The number of cyclic esters (lactones) is 1. The van der Waals surface area contributed by atoms with E-state index in [2.05, 4.69) is 4.99 Å². The van der Waals surface area contributed by atoms with Crippen molar-refractivity contribution in [1.82, 2.24) is 0 Å². The third-order valence-corrected chi connectivity index (χ3v) is 3.98. The summed E-state index contributed by atoms with van der Waals surface area (Å²) in [5, 5.41) is 8.57. The van der Waals surface area contributed by atoms with Gasteiger partial charge < -0.3 is 4.74 Å². The maximum atomic E-state index is 11.5. The summed E-state index contributed by atoms with van der Waals surface area (Å²) in [5.41, 5.74) is 3.54. The SMILES string of the molecule is Cc1ccc(N=Cc2ccc(Cl)cc2)c(C2COC(=O)C2=N)c1. The van der Waals surface area contributed by atoms with Crippen molar-refractivity contribution in [2.24, 2.45) is 4.99 Å². The van der Waals surface area contributed by atoms with Gasteiger partial charge in [0.1, 0.15) is 12.3 Å². The van der Waals surface area contributed by atoms with Crippen LogP contribution in [-0.2, 0) is 9.53 Å². The Bertz CT molecular complexity index is 797. The van der Waals surface area contributed by atoms with Crippen molar-refractivity contribution in [2.75, 3.05) is 6.61 Å². The molecule has 23 heavy (non-hydrogen) atoms. The number of hydrogen-bond donors (Lipinski definition) is 1. The zero-order valence-corrected chi connectivity index (χ0v) is 13.3. The first-order valence-corrected chi connectivity index (χ1v) is 7.58. The number of halogens is 1. The number of esters is 1. The topological polar surface area (TPSA) is 62.5 Å². The van der Waals surface area contributed by atoms with Crippen LogP contribution in [0, 0.1) is 12.3 Å². The second-order valence-corrected chi connectivity index (χ2v) is 5.87. The molecule has 0 saturated carbocycles. The summed E-state index contributed by atoms with van der Waals surface area (Å²) in [5.74, 6) is -0.913. The molecular formula is C18H15ClN2O2. The molecular weight excluding hydrogens is 312 g/mol. The fraction of sp³-hybridized carbons (Fsp3) is 0.167. The van der Waals surface area contributed by atoms with E-state index in [1.54, 1.807) is 18.3 Å². The molecule has 4 nitrogen and oxygen atoms in total. The van der Waals surface area contributed by atoms with Crippen molar-refractivity contribution in [1.29, 1.82) is 5.41 Å². The first-order chi connectivity index (χ1) is 11.0. The molecule has 0 bridgehead atoms. The highest BCUT2D eigenvalue weighted by Gasteiger charge is 2.33. The minimum atomic E-state index is -0.552. The summed E-state index contributed by atoms with van der Waals surface area (Å²) >= 11 is 5.87. The van der Waals surface area contributed by atoms with Gasteiger partial charge in [-0.2, -0.15) is 0 Å². The molecule has 2 aromatic carbocycles. The van der Waals surface area contributed by atoms with Gasteiger partial charge in [-0.1, -0.05) is 41.4 Å². The van der Waals surface area contributed by atoms with Crippen molar-refractivity contribution >= 4 is 35.2 Å². The average Bonchev–Trinajstić information content (AvgIpc) is 2.87. The molecule has 1 saturated heterocycles. The van der Waals surface area contributed by atoms with E-state index >= 15 is 0 Å². The van der Waals surface area contributed by atoms with Gasteiger partial charge >= 0.3 is 5.97 Å². The second-order valence-electron chi connectivity index (χ2n) is 5.44. The molecule has 1 aliphatic heterocycles. The Morgan fingerprint density at radius 3 is 2.65 bits per heavy atom. The van der Waals surface area contributed by atoms with Gasteiger partial charge in [0.2, 0.25) is 0 Å². The summed E-state index contributed by atoms with van der Waals surface area (Å²) in [7, 11) is 0. The Labute approximate surface area is 139 Å². The molecule has 3 rings (SSSR count). The monoisotopic (exact) mass is 326 g/mol. The molecule has 1 aliphatic rings. The molecule has 0 spiro atoms. The van der Waals surface area contributed by atoms with Crippen molar-refractivity contribution in [3.8, 4) is 0 Å². The van der Waals surface area contributed by atoms with Gasteiger partial charge in [-0.05, 0) is 36.2 Å². The van der Waals surface area contributed by atoms with Gasteiger partial charge in [-0.25, -0.2) is 4.79 Å². The van der Waals surface area contributed by atoms with Crippen LogP contribution in [0.1, 0.15) is 22.6 Å². The number of benzene rings is 2. The Morgan fingerprint density at radius 1 is 1.26 bits per heavy atom. The van der Waals surface area contributed by atoms with Crippen LogP contribution < -0.4 is 0 Å². The lowest BCUT2D eigenvalue weighted by molar-refractivity contribution is -0.132. The molecule has 5 heteroatoms. The van der Waals surface area contributed by atoms with Crippen LogP contribution in [0.5, 0.6) is 0 Å². The number of aliphatic imine (C=N–C) groups is 1. The highest BCUT2D eigenvalue weighted by molar-refractivity contribution is 6.39. The first-order valence-electron chi connectivity index (χ1n) is 7.20. The van der Waals surface area contributed by atoms with Crippen molar-refractivity contribution < 1.29 is 9.53 Å². The van der Waals surface area contributed by atoms with Crippen LogP contribution >= 0.6 is 11.6 Å². The molecule has 1 N–H and O–H groups in total. The number of nitrogens with zero attached hydrogens (tertiary/aromatic N) is 1. The Kier molecular flexibility index (Phi) is 4.26. The van der Waals surface area contributed by atoms with E-state index < -0.39 is 5.97 Å². The standard InChI is InChI=1S/C18H15ClN2O2/c1-11-2-7-16(21-9-12-3-5-13(19)6-4-12)14(8-11)15-10-23-18(22)17(15)20/h2-9,15,20H,10H2,1H3. The fourth-order valence-electron chi connectivity index (χ4n) is 2.47. The van der Waals surface area contributed by atoms with E-state index in [9.17, 15) is 4.79 Å². The summed E-state index contributed by atoms with van der Waals surface area (Å²) in [6.45, 7) is 2.17. The summed E-state index contributed by atoms with van der Waals surface area (Å²) < 4.78 is 4.97. The van der Waals surface area contributed by atoms with E-state index in [-0.39, 0.29) is 18.2 Å². The predicted octanol–water partition coefficient (Wildman–Crippen LogP) is 4.06. The maximum absolute atomic E-state index is 11.5. The van der Waals surface area contributed by atoms with Crippen LogP contribution in [0.4, 0.5) is 5.69 Å². The van der Waals surface area contributed by atoms with E-state index in [1.807, 2.05) is 37.3 Å². The zero-order valence-electron chi connectivity index (χ0n) is 12.5. The van der Waals surface area contributed by atoms with Crippen molar-refractivity contribution in [3.05, 3.63) is 64.2 Å². The van der Waals surface area contributed by atoms with E-state index in [1.165, 1.54) is 0 Å². The molecule has 0 amide bonds. The van der Waals surface area contributed by atoms with Gasteiger partial charge in [-0.15, -0.1) is 0 Å². The average molecular weight is 327 g/mol. The number of hydrogen-bond acceptors (Lipinski definition) is 4. The lowest BCUT2D eigenvalue weighted by Gasteiger charge is -2.11. The molecule has 0 aromatic heterocycles. The van der Waals surface area contributed by atoms with Crippen molar-refractivity contribution in [2.45, 2.75) is 12.8 Å². The number of carbonyl (C=O) groups is 1. The van der Waals surface area contributed by atoms with Crippen LogP contribution in [0.25, 0.3) is 0 Å². The number of rotatable bonds is 3. The van der Waals surface area contributed by atoms with E-state index in [4.69, 9.17) is 21.7 Å². The lowest BCUT2D eigenvalue weighted by Crippen LogP contribution is -2.12. The molecule has 1 atom stereocenters. The second kappa shape index (κ2) is 6.34. The van der Waals surface area contributed by atoms with E-state index in [0.717, 1.165) is 22.4 Å². The van der Waals surface area contributed by atoms with Crippen LogP contribution in [0.3, 0.4) is 0 Å². The third kappa shape index (κ3) is 3.32. The van der Waals surface area contributed by atoms with Crippen molar-refractivity contribution in [3.63, 3.8) is 0 Å². The van der Waals surface area contributed by atoms with Gasteiger partial charge in [-0.3, -0.25) is 10.4 Å². The minimum absolute atomic E-state index is 0.0152. The number of aryl methyl sites for hydroxylation is 1. The number of nitrogens with one attached hydrogen (secondary N) is 1. The van der Waals surface area contributed by atoms with Gasteiger partial charge in [0.15, 0.2) is 0 Å². The van der Waals surface area contributed by atoms with Crippen LogP contribution in [-0.4, -0.2) is 24.5 Å². The normalized spacial score (nSPS) is 17.7. The molecule has 116 valence electrons. The van der Waals surface area contributed by atoms with Crippen LogP contribution in [0.15, 0.2) is 47.5 Å². The molecule has 1 heterocycles. The lowest BCUT2D eigenvalue weighted by atomic mass is 9.93. The number of carbonyl (C=O) groups excluding carboxylic acids is 1. The van der Waals surface area contributed by atoms with Gasteiger partial charge in [0.25, 0.3) is 0 Å². The third-order valence-electron chi connectivity index (χ3n) is 3.73. The predicted molar refractivity (Wildman–Crippen MR) is 91.3 cm³/mol. The summed E-state index contributed by atoms with van der Waals surface area (Å²) in [4.78, 5) is 16.0. The Balaban J connectivity index is 1.94. The maximum Gasteiger partial charge on any atom is 0.352 e. The largest absolute Gasteiger partial charge is 0.460 e. The Morgan fingerprint density at radius 2 is 2.00 bits per heavy atom. The quantitative estimate of drug-likeness (QED) is 0.683.